The minimum Gasteiger partial charge on any atom is -0.394 e. The van der Waals surface area contributed by atoms with Gasteiger partial charge in [0.1, 0.15) is 18.0 Å². The van der Waals surface area contributed by atoms with Crippen LogP contribution in [0, 0.1) is 0 Å². The number of anilines is 2. The molecule has 2 aliphatic heterocycles. The Balaban J connectivity index is 1.56. The largest absolute Gasteiger partial charge is 0.394 e. The molecule has 2 N–H and O–H groups in total. The fraction of sp³-hybridized carbons (Fsp3) is 0.722. The number of piperidine rings is 1. The van der Waals surface area contributed by atoms with Crippen LogP contribution in [0.4, 0.5) is 11.6 Å². The highest BCUT2D eigenvalue weighted by molar-refractivity contribution is 5.76. The van der Waals surface area contributed by atoms with Gasteiger partial charge in [0.2, 0.25) is 5.91 Å². The van der Waals surface area contributed by atoms with E-state index in [4.69, 9.17) is 0 Å². The number of amides is 1. The predicted molar refractivity (Wildman–Crippen MR) is 97.6 cm³/mol. The van der Waals surface area contributed by atoms with E-state index in [2.05, 4.69) is 20.2 Å². The van der Waals surface area contributed by atoms with Crippen LogP contribution >= 0.6 is 0 Å². The zero-order chi connectivity index (χ0) is 17.6. The van der Waals surface area contributed by atoms with E-state index in [0.717, 1.165) is 63.4 Å². The molecule has 0 unspecified atom stereocenters. The molecule has 2 aliphatic rings. The third-order valence-electron chi connectivity index (χ3n) is 5.20. The zero-order valence-electron chi connectivity index (χ0n) is 15.0. The second-order valence-corrected chi connectivity index (χ2v) is 6.98. The Morgan fingerprint density at radius 3 is 2.80 bits per heavy atom. The van der Waals surface area contributed by atoms with Crippen LogP contribution in [0.2, 0.25) is 0 Å². The lowest BCUT2D eigenvalue weighted by atomic mass is 10.0. The number of carbonyl (C=O) groups excluding carboxylic acids is 1. The molecule has 3 rings (SSSR count). The molecule has 7 nitrogen and oxygen atoms in total. The standard InChI is InChI=1S/C18H29N5O2/c1-2-4-18(25)22-9-6-14(7-10-22)21-16-11-17(20-13-19-16)23-8-3-5-15(23)12-24/h11,13-15,24H,2-10,12H2,1H3,(H,19,20,21)/t15-/m0/s1. The smallest absolute Gasteiger partial charge is 0.222 e. The summed E-state index contributed by atoms with van der Waals surface area (Å²) in [5.41, 5.74) is 0. The Morgan fingerprint density at radius 2 is 2.08 bits per heavy atom. The number of nitrogens with zero attached hydrogens (tertiary/aromatic N) is 4. The molecule has 0 aromatic carbocycles. The van der Waals surface area contributed by atoms with E-state index in [1.54, 1.807) is 6.33 Å². The van der Waals surface area contributed by atoms with Crippen LogP contribution in [0.1, 0.15) is 45.4 Å². The molecular formula is C18H29N5O2. The molecule has 0 spiro atoms. The number of carbonyl (C=O) groups is 1. The molecule has 2 fully saturated rings. The van der Waals surface area contributed by atoms with Gasteiger partial charge in [-0.1, -0.05) is 6.92 Å². The molecule has 1 atom stereocenters. The molecule has 0 saturated carbocycles. The van der Waals surface area contributed by atoms with Crippen LogP contribution in [0.3, 0.4) is 0 Å². The van der Waals surface area contributed by atoms with Crippen LogP contribution in [0.15, 0.2) is 12.4 Å². The van der Waals surface area contributed by atoms with Crippen molar-refractivity contribution in [3.8, 4) is 0 Å². The van der Waals surface area contributed by atoms with Crippen molar-refractivity contribution in [1.29, 1.82) is 0 Å². The quantitative estimate of drug-likeness (QED) is 0.814. The summed E-state index contributed by atoms with van der Waals surface area (Å²) in [5.74, 6) is 1.98. The summed E-state index contributed by atoms with van der Waals surface area (Å²) >= 11 is 0. The lowest BCUT2D eigenvalue weighted by Crippen LogP contribution is -2.42. The monoisotopic (exact) mass is 347 g/mol. The Morgan fingerprint density at radius 1 is 1.28 bits per heavy atom. The van der Waals surface area contributed by atoms with E-state index in [1.165, 1.54) is 0 Å². The molecule has 3 heterocycles. The molecule has 1 amide bonds. The van der Waals surface area contributed by atoms with Crippen molar-refractivity contribution in [2.24, 2.45) is 0 Å². The first-order valence-electron chi connectivity index (χ1n) is 9.45. The van der Waals surface area contributed by atoms with Crippen molar-refractivity contribution in [3.63, 3.8) is 0 Å². The number of likely N-dealkylation sites (tertiary alicyclic amines) is 1. The molecule has 7 heteroatoms. The summed E-state index contributed by atoms with van der Waals surface area (Å²) < 4.78 is 0. The Labute approximate surface area is 149 Å². The van der Waals surface area contributed by atoms with Crippen LogP contribution < -0.4 is 10.2 Å². The molecule has 1 aromatic rings. The van der Waals surface area contributed by atoms with Crippen molar-refractivity contribution >= 4 is 17.5 Å². The predicted octanol–water partition coefficient (Wildman–Crippen LogP) is 1.64. The second kappa shape index (κ2) is 8.47. The maximum Gasteiger partial charge on any atom is 0.222 e. The number of aromatic nitrogens is 2. The normalized spacial score (nSPS) is 21.6. The SMILES string of the molecule is CCCC(=O)N1CCC(Nc2cc(N3CCC[C@H]3CO)ncn2)CC1. The van der Waals surface area contributed by atoms with E-state index in [9.17, 15) is 9.90 Å². The van der Waals surface area contributed by atoms with Crippen molar-refractivity contribution < 1.29 is 9.90 Å². The highest BCUT2D eigenvalue weighted by Crippen LogP contribution is 2.25. The lowest BCUT2D eigenvalue weighted by molar-refractivity contribution is -0.132. The van der Waals surface area contributed by atoms with Gasteiger partial charge in [0.15, 0.2) is 0 Å². The van der Waals surface area contributed by atoms with Gasteiger partial charge in [0.25, 0.3) is 0 Å². The zero-order valence-corrected chi connectivity index (χ0v) is 15.0. The minimum atomic E-state index is 0.163. The molecule has 138 valence electrons. The highest BCUT2D eigenvalue weighted by atomic mass is 16.3. The van der Waals surface area contributed by atoms with Crippen LogP contribution in [0.25, 0.3) is 0 Å². The van der Waals surface area contributed by atoms with E-state index < -0.39 is 0 Å². The summed E-state index contributed by atoms with van der Waals surface area (Å²) in [7, 11) is 0. The number of nitrogens with one attached hydrogen (secondary N) is 1. The first-order valence-corrected chi connectivity index (χ1v) is 9.45. The van der Waals surface area contributed by atoms with E-state index in [-0.39, 0.29) is 18.6 Å². The van der Waals surface area contributed by atoms with Gasteiger partial charge in [-0.15, -0.1) is 0 Å². The third-order valence-corrected chi connectivity index (χ3v) is 5.20. The molecule has 1 aromatic heterocycles. The van der Waals surface area contributed by atoms with Gasteiger partial charge >= 0.3 is 0 Å². The lowest BCUT2D eigenvalue weighted by Gasteiger charge is -2.33. The van der Waals surface area contributed by atoms with Gasteiger partial charge in [-0.2, -0.15) is 0 Å². The molecule has 0 aliphatic carbocycles. The maximum absolute atomic E-state index is 12.0. The van der Waals surface area contributed by atoms with Gasteiger partial charge in [-0.05, 0) is 32.1 Å². The fourth-order valence-electron chi connectivity index (χ4n) is 3.76. The summed E-state index contributed by atoms with van der Waals surface area (Å²) in [6.07, 6.45) is 7.12. The van der Waals surface area contributed by atoms with E-state index in [1.807, 2.05) is 17.9 Å². The summed E-state index contributed by atoms with van der Waals surface area (Å²) in [6.45, 7) is 4.76. The first kappa shape index (κ1) is 17.9. The van der Waals surface area contributed by atoms with Crippen molar-refractivity contribution in [1.82, 2.24) is 14.9 Å². The van der Waals surface area contributed by atoms with Crippen molar-refractivity contribution in [2.75, 3.05) is 36.5 Å². The van der Waals surface area contributed by atoms with Gasteiger partial charge in [-0.3, -0.25) is 4.79 Å². The number of hydrogen-bond acceptors (Lipinski definition) is 6. The van der Waals surface area contributed by atoms with E-state index >= 15 is 0 Å². The maximum atomic E-state index is 12.0. The molecular weight excluding hydrogens is 318 g/mol. The molecule has 0 bridgehead atoms. The van der Waals surface area contributed by atoms with Crippen LogP contribution in [-0.2, 0) is 4.79 Å². The first-order chi connectivity index (χ1) is 12.2. The molecule has 25 heavy (non-hydrogen) atoms. The van der Waals surface area contributed by atoms with Crippen molar-refractivity contribution in [2.45, 2.75) is 57.5 Å². The number of aliphatic hydroxyl groups is 1. The molecule has 2 saturated heterocycles. The van der Waals surface area contributed by atoms with Crippen molar-refractivity contribution in [3.05, 3.63) is 12.4 Å². The highest BCUT2D eigenvalue weighted by Gasteiger charge is 2.26. The number of aliphatic hydroxyl groups excluding tert-OH is 1. The topological polar surface area (TPSA) is 81.6 Å². The third kappa shape index (κ3) is 4.39. The summed E-state index contributed by atoms with van der Waals surface area (Å²) in [5, 5.41) is 13.0. The van der Waals surface area contributed by atoms with Gasteiger partial charge in [-0.25, -0.2) is 9.97 Å². The number of hydrogen-bond donors (Lipinski definition) is 2. The van der Waals surface area contributed by atoms with E-state index in [0.29, 0.717) is 12.5 Å². The minimum absolute atomic E-state index is 0.163. The van der Waals surface area contributed by atoms with Crippen LogP contribution in [0.5, 0.6) is 0 Å². The average molecular weight is 347 g/mol. The van der Waals surface area contributed by atoms with Gasteiger partial charge in [0, 0.05) is 38.2 Å². The summed E-state index contributed by atoms with van der Waals surface area (Å²) in [6, 6.07) is 2.47. The molecule has 0 radical (unpaired) electrons. The number of rotatable bonds is 6. The van der Waals surface area contributed by atoms with Gasteiger partial charge < -0.3 is 20.2 Å². The summed E-state index contributed by atoms with van der Waals surface area (Å²) in [4.78, 5) is 24.8. The average Bonchev–Trinajstić information content (AvgIpc) is 3.11. The Hall–Kier alpha value is -1.89. The van der Waals surface area contributed by atoms with Gasteiger partial charge in [0.05, 0.1) is 12.6 Å². The second-order valence-electron chi connectivity index (χ2n) is 6.98. The Kier molecular flexibility index (Phi) is 6.07. The fourth-order valence-corrected chi connectivity index (χ4v) is 3.76. The van der Waals surface area contributed by atoms with Crippen LogP contribution in [-0.4, -0.2) is 64.2 Å². The Bertz CT molecular complexity index is 574.